The summed E-state index contributed by atoms with van der Waals surface area (Å²) in [7, 11) is 6.12. The van der Waals surface area contributed by atoms with Crippen molar-refractivity contribution in [2.45, 2.75) is 231 Å². The molecule has 5 saturated heterocycles. The van der Waals surface area contributed by atoms with Gasteiger partial charge in [-0.3, -0.25) is 24.5 Å². The highest BCUT2D eigenvalue weighted by molar-refractivity contribution is 4.94. The zero-order chi connectivity index (χ0) is 47.2. The fraction of sp³-hybridized carbons (Fsp3) is 1.00. The summed E-state index contributed by atoms with van der Waals surface area (Å²) in [5, 5.41) is 3.10. The van der Waals surface area contributed by atoms with E-state index in [4.69, 9.17) is 4.74 Å². The van der Waals surface area contributed by atoms with Crippen molar-refractivity contribution in [3.63, 3.8) is 0 Å². The summed E-state index contributed by atoms with van der Waals surface area (Å²) in [6.45, 7) is 69.3. The first-order valence-electron chi connectivity index (χ1n) is 23.8. The van der Waals surface area contributed by atoms with Crippen LogP contribution in [-0.2, 0) is 4.74 Å². The lowest BCUT2D eigenvalue weighted by Crippen LogP contribution is -2.60. The third-order valence-electron chi connectivity index (χ3n) is 12.2. The van der Waals surface area contributed by atoms with Gasteiger partial charge in [0.05, 0.1) is 13.2 Å². The van der Waals surface area contributed by atoms with Crippen LogP contribution in [-0.4, -0.2) is 167 Å². The van der Waals surface area contributed by atoms with E-state index in [1.165, 1.54) is 58.7 Å². The largest absolute Gasteiger partial charge is 0.379 e. The van der Waals surface area contributed by atoms with E-state index in [9.17, 15) is 0 Å². The maximum absolute atomic E-state index is 5.25. The van der Waals surface area contributed by atoms with Crippen molar-refractivity contribution in [2.75, 3.05) is 93.3 Å². The Labute approximate surface area is 373 Å². The Balaban J connectivity index is 0. The SMILES string of the molecule is CC(C)(C)N1CCC1.CC(C)(C)N1CCOCC1.CC1(C)CN(C(C)(C)C)C1.CC1CCN1C(C)(C)C.CC1CN(C(C)(C)C)C1.CN(C)C(C)(C)C.CNC(C)(C)C. The van der Waals surface area contributed by atoms with Crippen molar-refractivity contribution in [1.82, 2.24) is 34.7 Å². The Hall–Kier alpha value is -0.320. The maximum atomic E-state index is 5.25. The third kappa shape index (κ3) is 28.2. The van der Waals surface area contributed by atoms with Crippen LogP contribution in [0.5, 0.6) is 0 Å². The van der Waals surface area contributed by atoms with Gasteiger partial charge in [-0.05, 0) is 211 Å². The number of hydrogen-bond donors (Lipinski definition) is 1. The summed E-state index contributed by atoms with van der Waals surface area (Å²) < 4.78 is 5.25. The predicted octanol–water partition coefficient (Wildman–Crippen LogP) is 10.7. The average molecular weight is 841 g/mol. The molecule has 0 amide bonds. The second kappa shape index (κ2) is 24.7. The van der Waals surface area contributed by atoms with Gasteiger partial charge in [-0.15, -0.1) is 0 Å². The highest BCUT2D eigenvalue weighted by Crippen LogP contribution is 2.34. The Kier molecular flexibility index (Phi) is 25.4. The zero-order valence-electron chi connectivity index (χ0n) is 45.9. The molecule has 0 aromatic heterocycles. The van der Waals surface area contributed by atoms with Gasteiger partial charge < -0.3 is 15.0 Å². The Morgan fingerprint density at radius 1 is 0.525 bits per heavy atom. The van der Waals surface area contributed by atoms with Gasteiger partial charge in [0.15, 0.2) is 0 Å². The summed E-state index contributed by atoms with van der Waals surface area (Å²) in [6, 6.07) is 0.824. The van der Waals surface area contributed by atoms with Crippen LogP contribution in [0.4, 0.5) is 0 Å². The molecule has 0 saturated carbocycles. The van der Waals surface area contributed by atoms with E-state index in [1.807, 2.05) is 7.05 Å². The summed E-state index contributed by atoms with van der Waals surface area (Å²) >= 11 is 0. The fourth-order valence-electron chi connectivity index (χ4n) is 6.44. The van der Waals surface area contributed by atoms with Crippen LogP contribution in [0.2, 0.25) is 0 Å². The molecular formula is C51H113N7O. The topological polar surface area (TPSA) is 40.7 Å². The molecule has 8 heteroatoms. The lowest BCUT2D eigenvalue weighted by molar-refractivity contribution is -0.0366. The zero-order valence-corrected chi connectivity index (χ0v) is 45.9. The van der Waals surface area contributed by atoms with Crippen molar-refractivity contribution < 1.29 is 4.74 Å². The molecule has 8 nitrogen and oxygen atoms in total. The highest BCUT2D eigenvalue weighted by atomic mass is 16.5. The Morgan fingerprint density at radius 3 is 0.949 bits per heavy atom. The molecule has 0 spiro atoms. The number of morpholine rings is 1. The molecule has 59 heavy (non-hydrogen) atoms. The van der Waals surface area contributed by atoms with E-state index >= 15 is 0 Å². The van der Waals surface area contributed by atoms with Crippen molar-refractivity contribution >= 4 is 0 Å². The molecule has 5 heterocycles. The predicted molar refractivity (Wildman–Crippen MR) is 266 cm³/mol. The first kappa shape index (κ1) is 60.8. The fourth-order valence-corrected chi connectivity index (χ4v) is 6.44. The van der Waals surface area contributed by atoms with E-state index in [0.717, 1.165) is 38.3 Å². The maximum Gasteiger partial charge on any atom is 0.0594 e. The number of nitrogens with one attached hydrogen (secondary N) is 1. The minimum absolute atomic E-state index is 0.292. The molecule has 5 aliphatic rings. The van der Waals surface area contributed by atoms with Crippen molar-refractivity contribution in [3.8, 4) is 0 Å². The number of rotatable bonds is 0. The van der Waals surface area contributed by atoms with Gasteiger partial charge in [0, 0.05) is 90.6 Å². The molecule has 358 valence electrons. The number of likely N-dealkylation sites (tertiary alicyclic amines) is 4. The molecule has 0 aromatic rings. The number of hydrogen-bond acceptors (Lipinski definition) is 8. The normalized spacial score (nSPS) is 22.4. The number of ether oxygens (including phenoxy) is 1. The lowest BCUT2D eigenvalue weighted by atomic mass is 9.81. The Bertz CT molecular complexity index is 1060. The molecule has 5 fully saturated rings. The summed E-state index contributed by atoms with van der Waals surface area (Å²) in [4.78, 5) is 14.7. The molecule has 0 radical (unpaired) electrons. The third-order valence-corrected chi connectivity index (χ3v) is 12.2. The minimum Gasteiger partial charge on any atom is -0.379 e. The smallest absolute Gasteiger partial charge is 0.0594 e. The molecule has 0 aromatic carbocycles. The second-order valence-corrected chi connectivity index (χ2v) is 26.2. The summed E-state index contributed by atoms with van der Waals surface area (Å²) in [5.74, 6) is 0.934. The molecule has 1 unspecified atom stereocenters. The van der Waals surface area contributed by atoms with Crippen LogP contribution in [0.1, 0.15) is 186 Å². The summed E-state index contributed by atoms with van der Waals surface area (Å²) in [5.41, 5.74) is 3.15. The molecule has 0 aliphatic carbocycles. The van der Waals surface area contributed by atoms with Gasteiger partial charge in [-0.2, -0.15) is 0 Å². The van der Waals surface area contributed by atoms with Crippen LogP contribution >= 0.6 is 0 Å². The van der Waals surface area contributed by atoms with Gasteiger partial charge in [0.1, 0.15) is 0 Å². The highest BCUT2D eigenvalue weighted by Gasteiger charge is 2.39. The molecule has 0 bridgehead atoms. The molecule has 1 atom stereocenters. The molecular weight excluding hydrogens is 727 g/mol. The van der Waals surface area contributed by atoms with Gasteiger partial charge in [-0.1, -0.05) is 20.8 Å². The van der Waals surface area contributed by atoms with Crippen LogP contribution in [0.25, 0.3) is 0 Å². The van der Waals surface area contributed by atoms with E-state index in [2.05, 4.69) is 222 Å². The van der Waals surface area contributed by atoms with Crippen molar-refractivity contribution in [3.05, 3.63) is 0 Å². The van der Waals surface area contributed by atoms with Gasteiger partial charge in [0.25, 0.3) is 0 Å². The average Bonchev–Trinajstić information content (AvgIpc) is 2.95. The van der Waals surface area contributed by atoms with Crippen LogP contribution < -0.4 is 5.32 Å². The van der Waals surface area contributed by atoms with E-state index < -0.39 is 0 Å². The molecule has 1 N–H and O–H groups in total. The van der Waals surface area contributed by atoms with E-state index in [0.29, 0.717) is 44.2 Å². The van der Waals surface area contributed by atoms with Crippen molar-refractivity contribution in [2.24, 2.45) is 11.3 Å². The van der Waals surface area contributed by atoms with Gasteiger partial charge >= 0.3 is 0 Å². The quantitative estimate of drug-likeness (QED) is 0.259. The number of nitrogens with zero attached hydrogens (tertiary/aromatic N) is 6. The second-order valence-electron chi connectivity index (χ2n) is 26.2. The van der Waals surface area contributed by atoms with E-state index in [-0.39, 0.29) is 0 Å². The van der Waals surface area contributed by atoms with Crippen molar-refractivity contribution in [1.29, 1.82) is 0 Å². The van der Waals surface area contributed by atoms with Crippen LogP contribution in [0.3, 0.4) is 0 Å². The molecule has 5 rings (SSSR count). The standard InChI is InChI=1S/C9H19N.C8H17NO.2C8H17N.C7H15N.C6H15N.C5H13N/c1-8(2,3)10-6-9(4,5)7-10;1-8(2,3)9-4-6-10-7-5-9;1-7-5-9(6-7)8(2,3)4;1-7-5-6-9(7)8(2,3)4;1-7(2,3)8-5-4-6-8;1-6(2,3)7(4)5;1-5(2,3)6-4/h6-7H2,1-5H3;4-7H2,1-3H3;2*7H,5-6H2,1-4H3;4-6H2,1-3H3;1-5H3;6H,1-4H3. The van der Waals surface area contributed by atoms with Gasteiger partial charge in [-0.25, -0.2) is 0 Å². The molecule has 5 aliphatic heterocycles. The monoisotopic (exact) mass is 840 g/mol. The van der Waals surface area contributed by atoms with E-state index in [1.54, 1.807) is 0 Å². The van der Waals surface area contributed by atoms with Gasteiger partial charge in [0.2, 0.25) is 0 Å². The Morgan fingerprint density at radius 2 is 0.864 bits per heavy atom. The first-order valence-corrected chi connectivity index (χ1v) is 23.8. The lowest BCUT2D eigenvalue weighted by Gasteiger charge is -2.52. The first-order chi connectivity index (χ1) is 26.0. The summed E-state index contributed by atoms with van der Waals surface area (Å²) in [6.07, 6.45) is 2.79. The van der Waals surface area contributed by atoms with Crippen LogP contribution in [0.15, 0.2) is 0 Å². The van der Waals surface area contributed by atoms with Crippen LogP contribution in [0, 0.1) is 11.3 Å². The minimum atomic E-state index is 0.292.